The van der Waals surface area contributed by atoms with Crippen molar-refractivity contribution < 1.29 is 4.74 Å². The van der Waals surface area contributed by atoms with E-state index in [-0.39, 0.29) is 5.60 Å². The fraction of sp³-hybridized carbons (Fsp3) is 0.286. The molecule has 1 aliphatic rings. The summed E-state index contributed by atoms with van der Waals surface area (Å²) >= 11 is 0. The summed E-state index contributed by atoms with van der Waals surface area (Å²) in [5, 5.41) is 0. The maximum Gasteiger partial charge on any atom is 0.121 e. The first-order valence-corrected chi connectivity index (χ1v) is 5.21. The molecule has 1 nitrogen and oxygen atoms in total. The molecule has 78 valence electrons. The lowest BCUT2D eigenvalue weighted by molar-refractivity contribution is 0.103. The lowest BCUT2D eigenvalue weighted by atomic mass is 10.00. The molecule has 0 fully saturated rings. The van der Waals surface area contributed by atoms with Gasteiger partial charge in [0, 0.05) is 5.57 Å². The van der Waals surface area contributed by atoms with Crippen molar-refractivity contribution in [2.24, 2.45) is 0 Å². The predicted molar refractivity (Wildman–Crippen MR) is 63.5 cm³/mol. The summed E-state index contributed by atoms with van der Waals surface area (Å²) in [6.45, 7) is 6.19. The molecule has 1 aliphatic heterocycles. The van der Waals surface area contributed by atoms with Gasteiger partial charge in [-0.15, -0.1) is 0 Å². The van der Waals surface area contributed by atoms with Gasteiger partial charge in [-0.25, -0.2) is 0 Å². The fourth-order valence-electron chi connectivity index (χ4n) is 1.49. The molecular weight excluding hydrogens is 184 g/mol. The van der Waals surface area contributed by atoms with E-state index in [2.05, 4.69) is 43.3 Å². The van der Waals surface area contributed by atoms with Crippen LogP contribution in [0.25, 0.3) is 5.57 Å². The lowest BCUT2D eigenvalue weighted by Crippen LogP contribution is -2.20. The third-order valence-corrected chi connectivity index (χ3v) is 2.54. The zero-order valence-corrected chi connectivity index (χ0v) is 9.45. The highest BCUT2D eigenvalue weighted by Gasteiger charge is 2.17. The first kappa shape index (κ1) is 10.0. The molecule has 0 aliphatic carbocycles. The Morgan fingerprint density at radius 1 is 1.07 bits per heavy atom. The third kappa shape index (κ3) is 2.30. The first-order chi connectivity index (χ1) is 7.07. The van der Waals surface area contributed by atoms with Crippen molar-refractivity contribution >= 4 is 5.57 Å². The molecule has 0 amide bonds. The number of allylic oxidation sites excluding steroid dienone is 2. The number of hydrogen-bond acceptors (Lipinski definition) is 1. The maximum absolute atomic E-state index is 5.61. The monoisotopic (exact) mass is 200 g/mol. The lowest BCUT2D eigenvalue weighted by Gasteiger charge is -2.24. The minimum absolute atomic E-state index is 0.172. The average Bonchev–Trinajstić information content (AvgIpc) is 2.20. The number of benzene rings is 1. The van der Waals surface area contributed by atoms with Gasteiger partial charge >= 0.3 is 0 Å². The summed E-state index contributed by atoms with van der Waals surface area (Å²) in [5.41, 5.74) is 3.44. The Morgan fingerprint density at radius 2 is 1.73 bits per heavy atom. The largest absolute Gasteiger partial charge is 0.491 e. The maximum atomic E-state index is 5.61. The molecular formula is C14H16O. The second kappa shape index (κ2) is 3.58. The zero-order chi connectivity index (χ0) is 10.9. The molecule has 0 saturated heterocycles. The molecule has 0 N–H and O–H groups in total. The summed E-state index contributed by atoms with van der Waals surface area (Å²) < 4.78 is 5.61. The van der Waals surface area contributed by atoms with Gasteiger partial charge in [-0.3, -0.25) is 0 Å². The van der Waals surface area contributed by atoms with Crippen LogP contribution in [0.5, 0.6) is 0 Å². The molecule has 0 saturated carbocycles. The molecule has 0 unspecified atom stereocenters. The Hall–Kier alpha value is -1.50. The minimum Gasteiger partial charge on any atom is -0.491 e. The van der Waals surface area contributed by atoms with Gasteiger partial charge in [-0.1, -0.05) is 35.9 Å². The zero-order valence-electron chi connectivity index (χ0n) is 9.45. The van der Waals surface area contributed by atoms with Crippen molar-refractivity contribution in [3.8, 4) is 0 Å². The summed E-state index contributed by atoms with van der Waals surface area (Å²) in [6, 6.07) is 8.47. The van der Waals surface area contributed by atoms with Crippen LogP contribution in [-0.2, 0) is 4.74 Å². The molecule has 0 aromatic heterocycles. The van der Waals surface area contributed by atoms with Crippen molar-refractivity contribution in [3.05, 3.63) is 53.8 Å². The SMILES string of the molecule is Cc1ccc(C2=COC(C)(C)C=C2)cc1. The van der Waals surface area contributed by atoms with E-state index in [9.17, 15) is 0 Å². The van der Waals surface area contributed by atoms with Crippen LogP contribution in [0.2, 0.25) is 0 Å². The Balaban J connectivity index is 2.24. The van der Waals surface area contributed by atoms with E-state index in [0.29, 0.717) is 0 Å². The van der Waals surface area contributed by atoms with Gasteiger partial charge in [0.25, 0.3) is 0 Å². The number of hydrogen-bond donors (Lipinski definition) is 0. The van der Waals surface area contributed by atoms with E-state index < -0.39 is 0 Å². The molecule has 2 rings (SSSR count). The number of aryl methyl sites for hydroxylation is 1. The first-order valence-electron chi connectivity index (χ1n) is 5.21. The smallest absolute Gasteiger partial charge is 0.121 e. The van der Waals surface area contributed by atoms with Gasteiger partial charge in [-0.2, -0.15) is 0 Å². The van der Waals surface area contributed by atoms with Crippen molar-refractivity contribution in [1.82, 2.24) is 0 Å². The third-order valence-electron chi connectivity index (χ3n) is 2.54. The second-order valence-electron chi connectivity index (χ2n) is 4.49. The number of ether oxygens (including phenoxy) is 1. The summed E-state index contributed by atoms with van der Waals surface area (Å²) in [5.74, 6) is 0. The van der Waals surface area contributed by atoms with Crippen LogP contribution in [0.15, 0.2) is 42.7 Å². The van der Waals surface area contributed by atoms with Crippen molar-refractivity contribution in [2.75, 3.05) is 0 Å². The predicted octanol–water partition coefficient (Wildman–Crippen LogP) is 3.70. The van der Waals surface area contributed by atoms with E-state index >= 15 is 0 Å². The van der Waals surface area contributed by atoms with Gasteiger partial charge in [0.1, 0.15) is 5.60 Å². The molecule has 1 aromatic carbocycles. The summed E-state index contributed by atoms with van der Waals surface area (Å²) in [6.07, 6.45) is 6.04. The van der Waals surface area contributed by atoms with E-state index in [1.165, 1.54) is 11.1 Å². The minimum atomic E-state index is -0.172. The molecule has 15 heavy (non-hydrogen) atoms. The molecule has 1 aromatic rings. The van der Waals surface area contributed by atoms with Crippen LogP contribution in [-0.4, -0.2) is 5.60 Å². The Labute approximate surface area is 91.1 Å². The Kier molecular flexibility index (Phi) is 2.39. The average molecular weight is 200 g/mol. The van der Waals surface area contributed by atoms with Gasteiger partial charge < -0.3 is 4.74 Å². The van der Waals surface area contributed by atoms with Crippen molar-refractivity contribution in [2.45, 2.75) is 26.4 Å². The molecule has 0 spiro atoms. The Morgan fingerprint density at radius 3 is 2.27 bits per heavy atom. The van der Waals surface area contributed by atoms with Crippen molar-refractivity contribution in [1.29, 1.82) is 0 Å². The van der Waals surface area contributed by atoms with Crippen LogP contribution >= 0.6 is 0 Å². The molecule has 0 atom stereocenters. The molecule has 0 bridgehead atoms. The standard InChI is InChI=1S/C14H16O/c1-11-4-6-12(7-5-11)13-8-9-14(2,3)15-10-13/h4-10H,1-3H3. The fourth-order valence-corrected chi connectivity index (χ4v) is 1.49. The van der Waals surface area contributed by atoms with E-state index in [1.807, 2.05) is 20.1 Å². The van der Waals surface area contributed by atoms with Gasteiger partial charge in [0.2, 0.25) is 0 Å². The summed E-state index contributed by atoms with van der Waals surface area (Å²) in [7, 11) is 0. The van der Waals surface area contributed by atoms with Gasteiger partial charge in [0.15, 0.2) is 0 Å². The van der Waals surface area contributed by atoms with Gasteiger partial charge in [0.05, 0.1) is 6.26 Å². The van der Waals surface area contributed by atoms with Crippen molar-refractivity contribution in [3.63, 3.8) is 0 Å². The van der Waals surface area contributed by atoms with Crippen LogP contribution in [0.3, 0.4) is 0 Å². The van der Waals surface area contributed by atoms with E-state index in [1.54, 1.807) is 0 Å². The Bertz CT molecular complexity index is 407. The summed E-state index contributed by atoms with van der Waals surface area (Å²) in [4.78, 5) is 0. The normalized spacial score (nSPS) is 18.2. The van der Waals surface area contributed by atoms with Crippen LogP contribution < -0.4 is 0 Å². The number of rotatable bonds is 1. The highest BCUT2D eigenvalue weighted by Crippen LogP contribution is 2.25. The second-order valence-corrected chi connectivity index (χ2v) is 4.49. The highest BCUT2D eigenvalue weighted by molar-refractivity contribution is 5.74. The van der Waals surface area contributed by atoms with Crippen LogP contribution in [0.1, 0.15) is 25.0 Å². The van der Waals surface area contributed by atoms with E-state index in [4.69, 9.17) is 4.74 Å². The topological polar surface area (TPSA) is 9.23 Å². The van der Waals surface area contributed by atoms with Gasteiger partial charge in [-0.05, 0) is 32.4 Å². The van der Waals surface area contributed by atoms with Crippen LogP contribution in [0.4, 0.5) is 0 Å². The molecule has 1 heterocycles. The molecule has 1 heteroatoms. The van der Waals surface area contributed by atoms with E-state index in [0.717, 1.165) is 5.57 Å². The molecule has 0 radical (unpaired) electrons. The van der Waals surface area contributed by atoms with Crippen LogP contribution in [0, 0.1) is 6.92 Å². The quantitative estimate of drug-likeness (QED) is 0.671. The highest BCUT2D eigenvalue weighted by atomic mass is 16.5.